The Morgan fingerprint density at radius 3 is 2.54 bits per heavy atom. The molecule has 5 heteroatoms. The summed E-state index contributed by atoms with van der Waals surface area (Å²) >= 11 is 0. The molecule has 5 fully saturated rings. The molecule has 2 aliphatic heterocycles. The maximum Gasteiger partial charge on any atom is 0.165 e. The van der Waals surface area contributed by atoms with E-state index in [1.807, 2.05) is 7.11 Å². The Bertz CT molecular complexity index is 1070. The zero-order valence-corrected chi connectivity index (χ0v) is 22.4. The van der Waals surface area contributed by atoms with Gasteiger partial charge < -0.3 is 19.3 Å². The summed E-state index contributed by atoms with van der Waals surface area (Å²) in [6, 6.07) is 4.93. The Morgan fingerprint density at radius 1 is 1.11 bits per heavy atom. The van der Waals surface area contributed by atoms with E-state index in [1.54, 1.807) is 7.11 Å². The van der Waals surface area contributed by atoms with Gasteiger partial charge in [0.05, 0.1) is 12.7 Å². The van der Waals surface area contributed by atoms with Crippen molar-refractivity contribution in [1.29, 1.82) is 0 Å². The lowest BCUT2D eigenvalue weighted by Crippen LogP contribution is -2.83. The van der Waals surface area contributed by atoms with Crippen LogP contribution in [-0.4, -0.2) is 60.7 Å². The highest BCUT2D eigenvalue weighted by Crippen LogP contribution is 2.78. The molecular weight excluding hydrogens is 438 g/mol. The Morgan fingerprint density at radius 2 is 1.89 bits per heavy atom. The highest BCUT2D eigenvalue weighted by molar-refractivity contribution is 5.63. The number of ether oxygens (including phenoxy) is 3. The van der Waals surface area contributed by atoms with Gasteiger partial charge in [-0.25, -0.2) is 0 Å². The van der Waals surface area contributed by atoms with Crippen LogP contribution in [0.5, 0.6) is 11.5 Å². The number of piperidine rings is 1. The van der Waals surface area contributed by atoms with Gasteiger partial charge in [-0.05, 0) is 81.4 Å². The predicted molar refractivity (Wildman–Crippen MR) is 135 cm³/mol. The molecule has 0 aromatic heterocycles. The van der Waals surface area contributed by atoms with Crippen LogP contribution in [0.3, 0.4) is 0 Å². The molecule has 7 aliphatic rings. The summed E-state index contributed by atoms with van der Waals surface area (Å²) < 4.78 is 19.6. The van der Waals surface area contributed by atoms with Crippen molar-refractivity contribution in [1.82, 2.24) is 4.90 Å². The van der Waals surface area contributed by atoms with E-state index in [0.29, 0.717) is 6.04 Å². The fourth-order valence-corrected chi connectivity index (χ4v) is 9.73. The number of rotatable bonds is 5. The largest absolute Gasteiger partial charge is 0.493 e. The topological polar surface area (TPSA) is 51.2 Å². The van der Waals surface area contributed by atoms with Crippen molar-refractivity contribution in [2.75, 3.05) is 27.3 Å². The van der Waals surface area contributed by atoms with E-state index in [1.165, 1.54) is 30.5 Å². The maximum atomic E-state index is 12.3. The summed E-state index contributed by atoms with van der Waals surface area (Å²) in [5.74, 6) is 2.71. The lowest BCUT2D eigenvalue weighted by atomic mass is 9.33. The molecule has 4 bridgehead atoms. The number of methoxy groups -OCH3 is 2. The minimum absolute atomic E-state index is 0.0112. The van der Waals surface area contributed by atoms with Crippen molar-refractivity contribution in [2.45, 2.75) is 101 Å². The molecule has 0 radical (unpaired) electrons. The molecule has 1 aromatic rings. The van der Waals surface area contributed by atoms with Gasteiger partial charge in [-0.3, -0.25) is 4.90 Å². The first-order chi connectivity index (χ1) is 16.6. The summed E-state index contributed by atoms with van der Waals surface area (Å²) in [6.45, 7) is 11.0. The monoisotopic (exact) mass is 481 g/mol. The Balaban J connectivity index is 1.48. The van der Waals surface area contributed by atoms with E-state index in [-0.39, 0.29) is 28.3 Å². The molecule has 2 unspecified atom stereocenters. The van der Waals surface area contributed by atoms with Crippen LogP contribution in [0.15, 0.2) is 12.1 Å². The minimum atomic E-state index is -0.879. The summed E-state index contributed by atoms with van der Waals surface area (Å²) in [5.41, 5.74) is 1.26. The molecule has 5 aliphatic carbocycles. The van der Waals surface area contributed by atoms with Crippen LogP contribution in [0, 0.1) is 22.7 Å². The lowest BCUT2D eigenvalue weighted by Gasteiger charge is -2.75. The smallest absolute Gasteiger partial charge is 0.165 e. The molecule has 1 N–H and O–H groups in total. The first-order valence-corrected chi connectivity index (χ1v) is 13.9. The molecular formula is C30H43NO4. The average molecular weight is 482 g/mol. The number of hydrogen-bond donors (Lipinski definition) is 1. The van der Waals surface area contributed by atoms with Crippen LogP contribution in [-0.2, 0) is 16.6 Å². The van der Waals surface area contributed by atoms with Crippen LogP contribution >= 0.6 is 0 Å². The second-order valence-electron chi connectivity index (χ2n) is 14.0. The van der Waals surface area contributed by atoms with Gasteiger partial charge in [0, 0.05) is 42.0 Å². The predicted octanol–water partition coefficient (Wildman–Crippen LogP) is 4.72. The van der Waals surface area contributed by atoms with Gasteiger partial charge in [-0.1, -0.05) is 26.8 Å². The van der Waals surface area contributed by atoms with Gasteiger partial charge in [0.15, 0.2) is 11.5 Å². The standard InChI is InChI=1S/C30H43NO4/c1-26(2,3)27(4,32)21-16-28-11-12-30(21,34-6)25-29(28)13-14-31(17-18-7-8-18)22(28)15-19-9-10-20(33-5)24(35-25)23(19)29/h9-10,18,21-22,25,32H,7-8,11-17H2,1-6H3/t21-,22-,25-,27?,28-,29?,30-/m1/s1. The van der Waals surface area contributed by atoms with Crippen molar-refractivity contribution >= 4 is 0 Å². The Hall–Kier alpha value is -1.30. The highest BCUT2D eigenvalue weighted by atomic mass is 16.6. The summed E-state index contributed by atoms with van der Waals surface area (Å²) in [5, 5.41) is 12.3. The molecule has 0 amide bonds. The maximum absolute atomic E-state index is 12.3. The normalized spacial score (nSPS) is 42.9. The zero-order valence-electron chi connectivity index (χ0n) is 22.4. The second-order valence-corrected chi connectivity index (χ2v) is 14.0. The van der Waals surface area contributed by atoms with Gasteiger partial charge >= 0.3 is 0 Å². The summed E-state index contributed by atoms with van der Waals surface area (Å²) in [4.78, 5) is 2.86. The quantitative estimate of drug-likeness (QED) is 0.660. The van der Waals surface area contributed by atoms with E-state index >= 15 is 0 Å². The van der Waals surface area contributed by atoms with Crippen molar-refractivity contribution in [3.05, 3.63) is 23.3 Å². The van der Waals surface area contributed by atoms with Crippen LogP contribution < -0.4 is 9.47 Å². The molecule has 2 heterocycles. The van der Waals surface area contributed by atoms with E-state index in [2.05, 4.69) is 44.7 Å². The van der Waals surface area contributed by atoms with Crippen molar-refractivity contribution in [3.8, 4) is 11.5 Å². The number of benzene rings is 1. The summed E-state index contributed by atoms with van der Waals surface area (Å²) in [6.07, 6.45) is 8.00. The minimum Gasteiger partial charge on any atom is -0.493 e. The van der Waals surface area contributed by atoms with E-state index in [4.69, 9.17) is 14.2 Å². The molecule has 2 spiro atoms. The van der Waals surface area contributed by atoms with Crippen molar-refractivity contribution < 1.29 is 19.3 Å². The van der Waals surface area contributed by atoms with Gasteiger partial charge in [0.1, 0.15) is 11.7 Å². The molecule has 1 saturated heterocycles. The number of aliphatic hydroxyl groups is 1. The number of fused-ring (bicyclic) bond motifs is 2. The first kappa shape index (κ1) is 22.9. The van der Waals surface area contributed by atoms with E-state index in [0.717, 1.165) is 56.1 Å². The van der Waals surface area contributed by atoms with Crippen LogP contribution in [0.25, 0.3) is 0 Å². The third-order valence-electron chi connectivity index (χ3n) is 12.1. The Kier molecular flexibility index (Phi) is 4.42. The summed E-state index contributed by atoms with van der Waals surface area (Å²) in [7, 11) is 3.63. The van der Waals surface area contributed by atoms with Crippen LogP contribution in [0.2, 0.25) is 0 Å². The number of hydrogen-bond acceptors (Lipinski definition) is 5. The zero-order chi connectivity index (χ0) is 24.6. The molecule has 4 saturated carbocycles. The van der Waals surface area contributed by atoms with Crippen molar-refractivity contribution in [2.24, 2.45) is 22.7 Å². The van der Waals surface area contributed by atoms with Crippen LogP contribution in [0.1, 0.15) is 77.3 Å². The first-order valence-electron chi connectivity index (χ1n) is 13.9. The van der Waals surface area contributed by atoms with E-state index in [9.17, 15) is 5.11 Å². The molecule has 8 rings (SSSR count). The molecule has 35 heavy (non-hydrogen) atoms. The third-order valence-corrected chi connectivity index (χ3v) is 12.1. The fraction of sp³-hybridized carbons (Fsp3) is 0.800. The van der Waals surface area contributed by atoms with Gasteiger partial charge in [0.2, 0.25) is 0 Å². The molecule has 5 nitrogen and oxygen atoms in total. The highest BCUT2D eigenvalue weighted by Gasteiger charge is 2.82. The second kappa shape index (κ2) is 6.76. The van der Waals surface area contributed by atoms with Gasteiger partial charge in [0.25, 0.3) is 0 Å². The van der Waals surface area contributed by atoms with Gasteiger partial charge in [-0.2, -0.15) is 0 Å². The SMILES string of the molecule is COc1ccc2c3c1O[C@@H]1C34CCN(CC3CC3)[C@H](C2)[C@]42CC[C@@]1(OC)[C@@H](C(C)(O)C(C)(C)C)C2. The van der Waals surface area contributed by atoms with Gasteiger partial charge in [-0.15, -0.1) is 0 Å². The molecule has 1 aromatic carbocycles. The van der Waals surface area contributed by atoms with Crippen molar-refractivity contribution in [3.63, 3.8) is 0 Å². The Labute approximate surface area is 210 Å². The number of nitrogens with zero attached hydrogens (tertiary/aromatic N) is 1. The molecule has 192 valence electrons. The number of likely N-dealkylation sites (tertiary alicyclic amines) is 1. The third kappa shape index (κ3) is 2.47. The van der Waals surface area contributed by atoms with Crippen LogP contribution in [0.4, 0.5) is 0 Å². The lowest BCUT2D eigenvalue weighted by molar-refractivity contribution is -0.312. The van der Waals surface area contributed by atoms with E-state index < -0.39 is 11.2 Å². The average Bonchev–Trinajstić information content (AvgIpc) is 3.56. The fourth-order valence-electron chi connectivity index (χ4n) is 9.73. The molecule has 7 atom stereocenters.